The molecule has 17 heavy (non-hydrogen) atoms. The number of nitrogens with one attached hydrogen (secondary N) is 1. The highest BCUT2D eigenvalue weighted by atomic mass is 15.2. The topological polar surface area (TPSA) is 42.7 Å². The van der Waals surface area contributed by atoms with Crippen molar-refractivity contribution in [2.75, 3.05) is 6.54 Å². The molecule has 0 bridgehead atoms. The van der Waals surface area contributed by atoms with Gasteiger partial charge in [0.05, 0.1) is 18.3 Å². The molecule has 1 N–H and O–H groups in total. The number of nitrogens with zero attached hydrogens (tertiary/aromatic N) is 3. The first-order valence-electron chi connectivity index (χ1n) is 6.06. The van der Waals surface area contributed by atoms with E-state index in [9.17, 15) is 0 Å². The Labute approximate surface area is 102 Å². The summed E-state index contributed by atoms with van der Waals surface area (Å²) in [6.45, 7) is 10.4. The van der Waals surface area contributed by atoms with Crippen LogP contribution in [-0.4, -0.2) is 21.1 Å². The zero-order valence-corrected chi connectivity index (χ0v) is 11.0. The Balaban J connectivity index is 2.57. The van der Waals surface area contributed by atoms with E-state index in [1.54, 1.807) is 0 Å². The average molecular weight is 232 g/mol. The lowest BCUT2D eigenvalue weighted by atomic mass is 10.1. The first kappa shape index (κ1) is 12.0. The van der Waals surface area contributed by atoms with E-state index < -0.39 is 0 Å². The monoisotopic (exact) mass is 232 g/mol. The predicted octanol–water partition coefficient (Wildman–Crippen LogP) is 2.30. The van der Waals surface area contributed by atoms with E-state index in [4.69, 9.17) is 0 Å². The van der Waals surface area contributed by atoms with Crippen molar-refractivity contribution in [1.82, 2.24) is 19.9 Å². The fraction of sp³-hybridized carbons (Fsp3) is 0.538. The zero-order chi connectivity index (χ0) is 12.5. The highest BCUT2D eigenvalue weighted by Crippen LogP contribution is 2.24. The van der Waals surface area contributed by atoms with Crippen LogP contribution >= 0.6 is 0 Å². The van der Waals surface area contributed by atoms with Gasteiger partial charge in [0.25, 0.3) is 0 Å². The fourth-order valence-corrected chi connectivity index (χ4v) is 2.09. The van der Waals surface area contributed by atoms with Gasteiger partial charge in [-0.1, -0.05) is 6.92 Å². The maximum Gasteiger partial charge on any atom is 0.124 e. The lowest BCUT2D eigenvalue weighted by Crippen LogP contribution is -2.26. The summed E-state index contributed by atoms with van der Waals surface area (Å²) in [5.74, 6) is 1.07. The number of rotatable bonds is 3. The molecule has 0 aliphatic rings. The lowest BCUT2D eigenvalue weighted by molar-refractivity contribution is 0.389. The highest BCUT2D eigenvalue weighted by Gasteiger charge is 2.20. The fourth-order valence-electron chi connectivity index (χ4n) is 2.09. The van der Waals surface area contributed by atoms with Gasteiger partial charge < -0.3 is 9.88 Å². The van der Waals surface area contributed by atoms with Crippen LogP contribution in [-0.2, 0) is 12.1 Å². The third-order valence-corrected chi connectivity index (χ3v) is 2.73. The molecule has 2 heterocycles. The van der Waals surface area contributed by atoms with Crippen molar-refractivity contribution in [3.8, 4) is 0 Å². The lowest BCUT2D eigenvalue weighted by Gasteiger charge is -2.24. The third-order valence-electron chi connectivity index (χ3n) is 2.73. The van der Waals surface area contributed by atoms with Crippen LogP contribution in [0.2, 0.25) is 0 Å². The molecule has 0 amide bonds. The van der Waals surface area contributed by atoms with Crippen LogP contribution in [0.15, 0.2) is 18.5 Å². The minimum atomic E-state index is 0.0286. The Morgan fingerprint density at radius 3 is 2.76 bits per heavy atom. The van der Waals surface area contributed by atoms with Crippen molar-refractivity contribution in [2.45, 2.75) is 39.8 Å². The normalized spacial score (nSPS) is 12.2. The van der Waals surface area contributed by atoms with Crippen LogP contribution in [0.3, 0.4) is 0 Å². The van der Waals surface area contributed by atoms with Crippen molar-refractivity contribution in [3.05, 3.63) is 24.3 Å². The molecule has 0 atom stereocenters. The van der Waals surface area contributed by atoms with E-state index >= 15 is 0 Å². The SMILES string of the molecule is CCNCc1nc2cnccc2n1C(C)(C)C. The summed E-state index contributed by atoms with van der Waals surface area (Å²) in [5.41, 5.74) is 2.15. The second-order valence-corrected chi connectivity index (χ2v) is 5.18. The molecule has 0 fully saturated rings. The number of imidazole rings is 1. The van der Waals surface area contributed by atoms with Gasteiger partial charge in [0.15, 0.2) is 0 Å². The van der Waals surface area contributed by atoms with Gasteiger partial charge in [0.2, 0.25) is 0 Å². The predicted molar refractivity (Wildman–Crippen MR) is 69.9 cm³/mol. The highest BCUT2D eigenvalue weighted by molar-refractivity contribution is 5.75. The van der Waals surface area contributed by atoms with Crippen molar-refractivity contribution in [3.63, 3.8) is 0 Å². The van der Waals surface area contributed by atoms with Crippen LogP contribution in [0.25, 0.3) is 11.0 Å². The van der Waals surface area contributed by atoms with Crippen molar-refractivity contribution in [1.29, 1.82) is 0 Å². The van der Waals surface area contributed by atoms with Gasteiger partial charge in [0.1, 0.15) is 11.3 Å². The van der Waals surface area contributed by atoms with Crippen LogP contribution in [0.5, 0.6) is 0 Å². The van der Waals surface area contributed by atoms with Crippen LogP contribution in [0.1, 0.15) is 33.5 Å². The Morgan fingerprint density at radius 1 is 1.35 bits per heavy atom. The first-order valence-corrected chi connectivity index (χ1v) is 6.06. The Bertz CT molecular complexity index is 508. The molecule has 4 heteroatoms. The molecular formula is C13H20N4. The molecule has 4 nitrogen and oxygen atoms in total. The second kappa shape index (κ2) is 4.45. The van der Waals surface area contributed by atoms with Crippen LogP contribution in [0.4, 0.5) is 0 Å². The molecule has 92 valence electrons. The molecular weight excluding hydrogens is 212 g/mol. The first-order chi connectivity index (χ1) is 8.04. The third kappa shape index (κ3) is 2.31. The summed E-state index contributed by atoms with van der Waals surface area (Å²) >= 11 is 0. The summed E-state index contributed by atoms with van der Waals surface area (Å²) in [6.07, 6.45) is 3.65. The maximum atomic E-state index is 4.65. The summed E-state index contributed by atoms with van der Waals surface area (Å²) in [7, 11) is 0. The summed E-state index contributed by atoms with van der Waals surface area (Å²) in [4.78, 5) is 8.79. The largest absolute Gasteiger partial charge is 0.321 e. The number of pyridine rings is 1. The van der Waals surface area contributed by atoms with Gasteiger partial charge in [-0.15, -0.1) is 0 Å². The number of hydrogen-bond donors (Lipinski definition) is 1. The van der Waals surface area contributed by atoms with Gasteiger partial charge in [-0.05, 0) is 33.4 Å². The van der Waals surface area contributed by atoms with E-state index in [1.165, 1.54) is 0 Å². The van der Waals surface area contributed by atoms with E-state index in [-0.39, 0.29) is 5.54 Å². The van der Waals surface area contributed by atoms with Gasteiger partial charge in [-0.3, -0.25) is 4.98 Å². The molecule has 0 unspecified atom stereocenters. The molecule has 0 saturated heterocycles. The number of aromatic nitrogens is 3. The molecule has 2 aromatic rings. The average Bonchev–Trinajstić information content (AvgIpc) is 2.63. The Morgan fingerprint density at radius 2 is 2.12 bits per heavy atom. The van der Waals surface area contributed by atoms with Crippen molar-refractivity contribution < 1.29 is 0 Å². The molecule has 0 spiro atoms. The minimum Gasteiger partial charge on any atom is -0.321 e. The zero-order valence-electron chi connectivity index (χ0n) is 11.0. The van der Waals surface area contributed by atoms with Gasteiger partial charge >= 0.3 is 0 Å². The van der Waals surface area contributed by atoms with Crippen molar-refractivity contribution in [2.24, 2.45) is 0 Å². The summed E-state index contributed by atoms with van der Waals surface area (Å²) < 4.78 is 2.28. The van der Waals surface area contributed by atoms with Gasteiger partial charge in [-0.2, -0.15) is 0 Å². The molecule has 0 saturated carbocycles. The van der Waals surface area contributed by atoms with Crippen LogP contribution < -0.4 is 5.32 Å². The standard InChI is InChI=1S/C13H20N4/c1-5-14-9-12-16-10-8-15-7-6-11(10)17(12)13(2,3)4/h6-8,14H,5,9H2,1-4H3. The molecule has 2 rings (SSSR count). The molecule has 2 aromatic heterocycles. The number of hydrogen-bond acceptors (Lipinski definition) is 3. The van der Waals surface area contributed by atoms with E-state index in [0.29, 0.717) is 0 Å². The summed E-state index contributed by atoms with van der Waals surface area (Å²) in [6, 6.07) is 2.03. The quantitative estimate of drug-likeness (QED) is 0.883. The van der Waals surface area contributed by atoms with Gasteiger partial charge in [-0.25, -0.2) is 4.98 Å². The smallest absolute Gasteiger partial charge is 0.124 e. The molecule has 0 radical (unpaired) electrons. The molecule has 0 aliphatic carbocycles. The van der Waals surface area contributed by atoms with Crippen molar-refractivity contribution >= 4 is 11.0 Å². The van der Waals surface area contributed by atoms with E-state index in [1.807, 2.05) is 18.5 Å². The summed E-state index contributed by atoms with van der Waals surface area (Å²) in [5, 5.41) is 3.33. The second-order valence-electron chi connectivity index (χ2n) is 5.18. The van der Waals surface area contributed by atoms with Gasteiger partial charge in [0, 0.05) is 11.7 Å². The minimum absolute atomic E-state index is 0.0286. The molecule has 0 aliphatic heterocycles. The van der Waals surface area contributed by atoms with E-state index in [2.05, 4.69) is 47.5 Å². The molecule has 0 aromatic carbocycles. The Hall–Kier alpha value is -1.42. The number of fused-ring (bicyclic) bond motifs is 1. The Kier molecular flexibility index (Phi) is 3.15. The maximum absolute atomic E-state index is 4.65. The van der Waals surface area contributed by atoms with E-state index in [0.717, 1.165) is 29.9 Å². The van der Waals surface area contributed by atoms with Crippen LogP contribution in [0, 0.1) is 0 Å².